The standard InChI is InChI=1S/C22H23IN4O/c1-4-27-21-17(13-25-27)20-15(9-10-24-19-8-6-5-7-18(19)23)11-14(2)12-16(20)22(28)26(21)3/h5-8,11-13,24H,4,9-10H2,1-3H3. The lowest BCUT2D eigenvalue weighted by Crippen LogP contribution is -2.20. The van der Waals surface area contributed by atoms with Gasteiger partial charge in [0.15, 0.2) is 0 Å². The Morgan fingerprint density at radius 1 is 1.18 bits per heavy atom. The summed E-state index contributed by atoms with van der Waals surface area (Å²) in [6.45, 7) is 5.63. The molecule has 1 N–H and O–H groups in total. The molecule has 2 heterocycles. The highest BCUT2D eigenvalue weighted by Gasteiger charge is 2.16. The Morgan fingerprint density at radius 2 is 1.96 bits per heavy atom. The minimum absolute atomic E-state index is 0.0354. The van der Waals surface area contributed by atoms with Crippen LogP contribution in [0.4, 0.5) is 5.69 Å². The number of anilines is 1. The number of pyridine rings is 1. The van der Waals surface area contributed by atoms with E-state index in [1.54, 1.807) is 4.57 Å². The number of nitrogens with one attached hydrogen (secondary N) is 1. The zero-order valence-electron chi connectivity index (χ0n) is 16.3. The average Bonchev–Trinajstić information content (AvgIpc) is 3.11. The van der Waals surface area contributed by atoms with E-state index < -0.39 is 0 Å². The first-order valence-electron chi connectivity index (χ1n) is 9.47. The van der Waals surface area contributed by atoms with Crippen LogP contribution in [0.5, 0.6) is 0 Å². The zero-order valence-corrected chi connectivity index (χ0v) is 18.4. The number of rotatable bonds is 5. The van der Waals surface area contributed by atoms with E-state index in [1.807, 2.05) is 43.0 Å². The van der Waals surface area contributed by atoms with E-state index in [1.165, 1.54) is 9.13 Å². The second-order valence-corrected chi connectivity index (χ2v) is 8.23. The van der Waals surface area contributed by atoms with Crippen LogP contribution in [0.3, 0.4) is 0 Å². The quantitative estimate of drug-likeness (QED) is 0.424. The van der Waals surface area contributed by atoms with Crippen LogP contribution in [0.2, 0.25) is 0 Å². The highest BCUT2D eigenvalue weighted by Crippen LogP contribution is 2.28. The van der Waals surface area contributed by atoms with Crippen molar-refractivity contribution >= 4 is 50.1 Å². The third kappa shape index (κ3) is 3.19. The lowest BCUT2D eigenvalue weighted by molar-refractivity contribution is 0.659. The molecule has 0 aliphatic carbocycles. The number of aromatic nitrogens is 3. The van der Waals surface area contributed by atoms with Crippen molar-refractivity contribution in [1.82, 2.24) is 14.3 Å². The molecule has 144 valence electrons. The van der Waals surface area contributed by atoms with Gasteiger partial charge in [0.2, 0.25) is 0 Å². The van der Waals surface area contributed by atoms with Crippen LogP contribution in [0.1, 0.15) is 18.1 Å². The molecule has 0 radical (unpaired) electrons. The molecule has 28 heavy (non-hydrogen) atoms. The third-order valence-electron chi connectivity index (χ3n) is 5.18. The first-order valence-corrected chi connectivity index (χ1v) is 10.5. The van der Waals surface area contributed by atoms with E-state index in [0.717, 1.165) is 52.6 Å². The third-order valence-corrected chi connectivity index (χ3v) is 6.12. The molecule has 4 rings (SSSR count). The largest absolute Gasteiger partial charge is 0.384 e. The monoisotopic (exact) mass is 486 g/mol. The predicted molar refractivity (Wildman–Crippen MR) is 124 cm³/mol. The SMILES string of the molecule is CCn1ncc2c3c(CCNc4ccccc4I)cc(C)cc3c(=O)n(C)c21. The van der Waals surface area contributed by atoms with E-state index in [-0.39, 0.29) is 5.56 Å². The zero-order chi connectivity index (χ0) is 19.8. The maximum absolute atomic E-state index is 13.1. The average molecular weight is 486 g/mol. The molecule has 2 aromatic heterocycles. The van der Waals surface area contributed by atoms with Crippen molar-refractivity contribution < 1.29 is 0 Å². The smallest absolute Gasteiger partial charge is 0.259 e. The molecule has 0 bridgehead atoms. The molecule has 0 unspecified atom stereocenters. The molecule has 0 saturated carbocycles. The molecule has 0 aliphatic rings. The normalized spacial score (nSPS) is 11.4. The minimum Gasteiger partial charge on any atom is -0.384 e. The number of aryl methyl sites for hydroxylation is 3. The van der Waals surface area contributed by atoms with E-state index in [9.17, 15) is 4.79 Å². The molecular formula is C22H23IN4O. The van der Waals surface area contributed by atoms with E-state index in [4.69, 9.17) is 0 Å². The van der Waals surface area contributed by atoms with Crippen molar-refractivity contribution in [3.63, 3.8) is 0 Å². The summed E-state index contributed by atoms with van der Waals surface area (Å²) in [5.74, 6) is 0. The van der Waals surface area contributed by atoms with Gasteiger partial charge >= 0.3 is 0 Å². The number of benzene rings is 2. The van der Waals surface area contributed by atoms with Gasteiger partial charge in [-0.25, -0.2) is 4.68 Å². The van der Waals surface area contributed by atoms with Crippen LogP contribution < -0.4 is 10.9 Å². The number of halogens is 1. The van der Waals surface area contributed by atoms with Gasteiger partial charge in [-0.05, 0) is 66.6 Å². The van der Waals surface area contributed by atoms with Gasteiger partial charge in [0.05, 0.1) is 6.20 Å². The van der Waals surface area contributed by atoms with Crippen molar-refractivity contribution in [2.24, 2.45) is 7.05 Å². The lowest BCUT2D eigenvalue weighted by atomic mass is 9.98. The Bertz CT molecular complexity index is 1240. The summed E-state index contributed by atoms with van der Waals surface area (Å²) in [5, 5.41) is 10.9. The van der Waals surface area contributed by atoms with Gasteiger partial charge < -0.3 is 5.32 Å². The Labute approximate surface area is 177 Å². The lowest BCUT2D eigenvalue weighted by Gasteiger charge is -2.14. The molecule has 4 aromatic rings. The second-order valence-electron chi connectivity index (χ2n) is 7.07. The van der Waals surface area contributed by atoms with Crippen LogP contribution in [0, 0.1) is 10.5 Å². The minimum atomic E-state index is 0.0354. The van der Waals surface area contributed by atoms with Gasteiger partial charge in [0, 0.05) is 45.6 Å². The van der Waals surface area contributed by atoms with E-state index in [2.05, 4.69) is 58.1 Å². The molecule has 0 spiro atoms. The highest BCUT2D eigenvalue weighted by molar-refractivity contribution is 14.1. The van der Waals surface area contributed by atoms with Crippen molar-refractivity contribution in [2.45, 2.75) is 26.8 Å². The van der Waals surface area contributed by atoms with E-state index >= 15 is 0 Å². The van der Waals surface area contributed by atoms with Crippen LogP contribution in [0.15, 0.2) is 47.4 Å². The molecule has 0 fully saturated rings. The van der Waals surface area contributed by atoms with Crippen molar-refractivity contribution in [2.75, 3.05) is 11.9 Å². The van der Waals surface area contributed by atoms with Gasteiger partial charge in [-0.3, -0.25) is 9.36 Å². The Balaban J connectivity index is 1.82. The maximum atomic E-state index is 13.1. The fourth-order valence-electron chi connectivity index (χ4n) is 3.90. The van der Waals surface area contributed by atoms with Crippen molar-refractivity contribution in [3.05, 3.63) is 67.6 Å². The number of fused-ring (bicyclic) bond motifs is 3. The van der Waals surface area contributed by atoms with Crippen LogP contribution in [-0.4, -0.2) is 20.9 Å². The summed E-state index contributed by atoms with van der Waals surface area (Å²) in [6, 6.07) is 12.5. The highest BCUT2D eigenvalue weighted by atomic mass is 127. The molecule has 0 aliphatic heterocycles. The number of para-hydroxylation sites is 1. The predicted octanol–water partition coefficient (Wildman–Crippen LogP) is 4.48. The number of nitrogens with zero attached hydrogens (tertiary/aromatic N) is 3. The van der Waals surface area contributed by atoms with Gasteiger partial charge in [-0.15, -0.1) is 0 Å². The summed E-state index contributed by atoms with van der Waals surface area (Å²) < 4.78 is 4.82. The Hall–Kier alpha value is -2.35. The summed E-state index contributed by atoms with van der Waals surface area (Å²) in [5.41, 5.74) is 4.35. The van der Waals surface area contributed by atoms with Crippen LogP contribution >= 0.6 is 22.6 Å². The van der Waals surface area contributed by atoms with Gasteiger partial charge in [-0.2, -0.15) is 5.10 Å². The first-order chi connectivity index (χ1) is 13.5. The van der Waals surface area contributed by atoms with Crippen LogP contribution in [-0.2, 0) is 20.0 Å². The van der Waals surface area contributed by atoms with Crippen molar-refractivity contribution in [3.8, 4) is 0 Å². The topological polar surface area (TPSA) is 51.9 Å². The van der Waals surface area contributed by atoms with Gasteiger partial charge in [-0.1, -0.05) is 23.8 Å². The second kappa shape index (κ2) is 7.58. The summed E-state index contributed by atoms with van der Waals surface area (Å²) in [6.07, 6.45) is 2.73. The summed E-state index contributed by atoms with van der Waals surface area (Å²) in [4.78, 5) is 13.1. The van der Waals surface area contributed by atoms with Gasteiger partial charge in [0.25, 0.3) is 5.56 Å². The number of hydrogen-bond donors (Lipinski definition) is 1. The molecule has 0 saturated heterocycles. The molecule has 6 heteroatoms. The van der Waals surface area contributed by atoms with Crippen molar-refractivity contribution in [1.29, 1.82) is 0 Å². The fourth-order valence-corrected chi connectivity index (χ4v) is 4.48. The summed E-state index contributed by atoms with van der Waals surface area (Å²) in [7, 11) is 1.83. The molecule has 0 atom stereocenters. The van der Waals surface area contributed by atoms with Crippen LogP contribution in [0.25, 0.3) is 21.8 Å². The van der Waals surface area contributed by atoms with E-state index in [0.29, 0.717) is 0 Å². The summed E-state index contributed by atoms with van der Waals surface area (Å²) >= 11 is 2.34. The number of hydrogen-bond acceptors (Lipinski definition) is 3. The fraction of sp³-hybridized carbons (Fsp3) is 0.273. The maximum Gasteiger partial charge on any atom is 0.259 e. The molecule has 2 aromatic carbocycles. The molecular weight excluding hydrogens is 463 g/mol. The molecule has 5 nitrogen and oxygen atoms in total. The van der Waals surface area contributed by atoms with Gasteiger partial charge in [0.1, 0.15) is 5.65 Å². The Kier molecular flexibility index (Phi) is 5.14. The Morgan fingerprint density at radius 3 is 2.71 bits per heavy atom. The molecule has 0 amide bonds. The first kappa shape index (κ1) is 19.0.